The quantitative estimate of drug-likeness (QED) is 0.828. The molecular weight excluding hydrogens is 236 g/mol. The fourth-order valence-electron chi connectivity index (χ4n) is 2.13. The highest BCUT2D eigenvalue weighted by Crippen LogP contribution is 2.39. The van der Waals surface area contributed by atoms with Crippen LogP contribution < -0.4 is 5.73 Å². The van der Waals surface area contributed by atoms with Gasteiger partial charge in [-0.25, -0.2) is 0 Å². The van der Waals surface area contributed by atoms with Crippen molar-refractivity contribution in [2.75, 3.05) is 7.11 Å². The summed E-state index contributed by atoms with van der Waals surface area (Å²) in [6.07, 6.45) is 5.86. The molecule has 0 aliphatic heterocycles. The van der Waals surface area contributed by atoms with Gasteiger partial charge in [-0.1, -0.05) is 0 Å². The number of methoxy groups -OCH3 is 1. The number of rotatable bonds is 3. The van der Waals surface area contributed by atoms with Crippen molar-refractivity contribution in [2.45, 2.75) is 34.9 Å². The molecule has 5 heteroatoms. The fourth-order valence-corrected chi connectivity index (χ4v) is 3.41. The molecule has 2 rings (SSSR count). The summed E-state index contributed by atoms with van der Waals surface area (Å²) < 4.78 is 4.75. The molecule has 92 valence electrons. The molecule has 0 spiro atoms. The van der Waals surface area contributed by atoms with Crippen molar-refractivity contribution in [3.05, 3.63) is 24.5 Å². The van der Waals surface area contributed by atoms with Gasteiger partial charge in [0, 0.05) is 22.5 Å². The second kappa shape index (κ2) is 5.06. The average molecular weight is 252 g/mol. The lowest BCUT2D eigenvalue weighted by Crippen LogP contribution is -2.46. The standard InChI is InChI=1S/C12H16N2O2S/c1-16-11(15)12(13)5-2-10(8-12)17-9-3-6-14-7-4-9/h3-4,6-7,10H,2,5,8,13H2,1H3. The molecule has 0 bridgehead atoms. The summed E-state index contributed by atoms with van der Waals surface area (Å²) in [6.45, 7) is 0. The van der Waals surface area contributed by atoms with Crippen LogP contribution in [0.15, 0.2) is 29.4 Å². The van der Waals surface area contributed by atoms with Crippen LogP contribution in [-0.2, 0) is 9.53 Å². The summed E-state index contributed by atoms with van der Waals surface area (Å²) in [6, 6.07) is 3.94. The number of pyridine rings is 1. The summed E-state index contributed by atoms with van der Waals surface area (Å²) >= 11 is 1.75. The molecule has 1 heterocycles. The van der Waals surface area contributed by atoms with Crippen LogP contribution >= 0.6 is 11.8 Å². The first-order valence-electron chi connectivity index (χ1n) is 5.58. The van der Waals surface area contributed by atoms with Gasteiger partial charge in [-0.2, -0.15) is 0 Å². The van der Waals surface area contributed by atoms with Gasteiger partial charge in [-0.05, 0) is 31.4 Å². The maximum Gasteiger partial charge on any atom is 0.325 e. The maximum absolute atomic E-state index is 11.6. The molecule has 1 aliphatic carbocycles. The highest BCUT2D eigenvalue weighted by atomic mass is 32.2. The number of carbonyl (C=O) groups excluding carboxylic acids is 1. The molecule has 0 radical (unpaired) electrons. The van der Waals surface area contributed by atoms with E-state index in [1.165, 1.54) is 12.0 Å². The monoisotopic (exact) mass is 252 g/mol. The van der Waals surface area contributed by atoms with E-state index in [2.05, 4.69) is 4.98 Å². The van der Waals surface area contributed by atoms with Crippen LogP contribution in [-0.4, -0.2) is 28.9 Å². The van der Waals surface area contributed by atoms with E-state index >= 15 is 0 Å². The lowest BCUT2D eigenvalue weighted by atomic mass is 10.00. The van der Waals surface area contributed by atoms with Crippen molar-refractivity contribution < 1.29 is 9.53 Å². The van der Waals surface area contributed by atoms with Gasteiger partial charge < -0.3 is 10.5 Å². The Labute approximate surface area is 105 Å². The number of ether oxygens (including phenoxy) is 1. The zero-order chi connectivity index (χ0) is 12.3. The van der Waals surface area contributed by atoms with Crippen LogP contribution in [0.3, 0.4) is 0 Å². The van der Waals surface area contributed by atoms with Crippen LogP contribution in [0, 0.1) is 0 Å². The summed E-state index contributed by atoms with van der Waals surface area (Å²) in [5.74, 6) is -0.296. The third-order valence-corrected chi connectivity index (χ3v) is 4.33. The second-order valence-electron chi connectivity index (χ2n) is 4.31. The van der Waals surface area contributed by atoms with E-state index in [1.807, 2.05) is 12.1 Å². The first-order valence-corrected chi connectivity index (χ1v) is 6.46. The van der Waals surface area contributed by atoms with Crippen molar-refractivity contribution in [1.29, 1.82) is 0 Å². The lowest BCUT2D eigenvalue weighted by molar-refractivity contribution is -0.146. The predicted octanol–water partition coefficient (Wildman–Crippen LogP) is 1.60. The van der Waals surface area contributed by atoms with E-state index in [9.17, 15) is 4.79 Å². The number of aromatic nitrogens is 1. The average Bonchev–Trinajstić information content (AvgIpc) is 2.72. The minimum absolute atomic E-state index is 0.296. The van der Waals surface area contributed by atoms with E-state index < -0.39 is 5.54 Å². The Morgan fingerprint density at radius 2 is 2.29 bits per heavy atom. The Hall–Kier alpha value is -1.07. The smallest absolute Gasteiger partial charge is 0.325 e. The zero-order valence-corrected chi connectivity index (χ0v) is 10.6. The van der Waals surface area contributed by atoms with Gasteiger partial charge in [0.2, 0.25) is 0 Å². The molecule has 1 fully saturated rings. The molecule has 1 aromatic heterocycles. The van der Waals surface area contributed by atoms with Gasteiger partial charge >= 0.3 is 5.97 Å². The normalized spacial score (nSPS) is 28.0. The van der Waals surface area contributed by atoms with Gasteiger partial charge in [-0.15, -0.1) is 11.8 Å². The van der Waals surface area contributed by atoms with Gasteiger partial charge in [-0.3, -0.25) is 9.78 Å². The number of hydrogen-bond acceptors (Lipinski definition) is 5. The van der Waals surface area contributed by atoms with Crippen molar-refractivity contribution in [1.82, 2.24) is 4.98 Å². The number of hydrogen-bond donors (Lipinski definition) is 1. The minimum atomic E-state index is -0.792. The molecular formula is C12H16N2O2S. The summed E-state index contributed by atoms with van der Waals surface area (Å²) in [4.78, 5) is 16.7. The maximum atomic E-state index is 11.6. The first-order chi connectivity index (χ1) is 8.14. The topological polar surface area (TPSA) is 65.2 Å². The Balaban J connectivity index is 1.97. The molecule has 1 aliphatic rings. The fraction of sp³-hybridized carbons (Fsp3) is 0.500. The molecule has 0 aromatic carbocycles. The highest BCUT2D eigenvalue weighted by molar-refractivity contribution is 8.00. The molecule has 0 amide bonds. The Kier molecular flexibility index (Phi) is 3.69. The van der Waals surface area contributed by atoms with Gasteiger partial charge in [0.1, 0.15) is 5.54 Å². The Bertz CT molecular complexity index is 399. The second-order valence-corrected chi connectivity index (χ2v) is 5.69. The molecule has 2 unspecified atom stereocenters. The molecule has 17 heavy (non-hydrogen) atoms. The number of esters is 1. The van der Waals surface area contributed by atoms with Crippen molar-refractivity contribution >= 4 is 17.7 Å². The van der Waals surface area contributed by atoms with Crippen LogP contribution in [0.4, 0.5) is 0 Å². The van der Waals surface area contributed by atoms with Gasteiger partial charge in [0.05, 0.1) is 7.11 Å². The number of nitrogens with two attached hydrogens (primary N) is 1. The molecule has 2 atom stereocenters. The summed E-state index contributed by atoms with van der Waals surface area (Å²) in [7, 11) is 1.39. The number of nitrogens with zero attached hydrogens (tertiary/aromatic N) is 1. The van der Waals surface area contributed by atoms with E-state index in [0.717, 1.165) is 6.42 Å². The minimum Gasteiger partial charge on any atom is -0.468 e. The zero-order valence-electron chi connectivity index (χ0n) is 9.76. The SMILES string of the molecule is COC(=O)C1(N)CCC(Sc2ccncc2)C1. The number of thioether (sulfide) groups is 1. The van der Waals surface area contributed by atoms with Crippen LogP contribution in [0.25, 0.3) is 0 Å². The summed E-state index contributed by atoms with van der Waals surface area (Å²) in [5.41, 5.74) is 5.26. The molecule has 1 saturated carbocycles. The van der Waals surface area contributed by atoms with Crippen LogP contribution in [0.5, 0.6) is 0 Å². The Morgan fingerprint density at radius 3 is 2.94 bits per heavy atom. The summed E-state index contributed by atoms with van der Waals surface area (Å²) in [5, 5.41) is 0.376. The molecule has 2 N–H and O–H groups in total. The molecule has 0 saturated heterocycles. The van der Waals surface area contributed by atoms with Crippen molar-refractivity contribution in [3.63, 3.8) is 0 Å². The van der Waals surface area contributed by atoms with Crippen molar-refractivity contribution in [3.8, 4) is 0 Å². The molecule has 1 aromatic rings. The van der Waals surface area contributed by atoms with E-state index in [4.69, 9.17) is 10.5 Å². The van der Waals surface area contributed by atoms with Crippen LogP contribution in [0.2, 0.25) is 0 Å². The van der Waals surface area contributed by atoms with E-state index in [0.29, 0.717) is 18.1 Å². The Morgan fingerprint density at radius 1 is 1.59 bits per heavy atom. The third kappa shape index (κ3) is 2.79. The van der Waals surface area contributed by atoms with Gasteiger partial charge in [0.25, 0.3) is 0 Å². The van der Waals surface area contributed by atoms with Crippen molar-refractivity contribution in [2.24, 2.45) is 5.73 Å². The van der Waals surface area contributed by atoms with Gasteiger partial charge in [0.15, 0.2) is 0 Å². The third-order valence-electron chi connectivity index (χ3n) is 3.05. The highest BCUT2D eigenvalue weighted by Gasteiger charge is 2.43. The van der Waals surface area contributed by atoms with Crippen LogP contribution in [0.1, 0.15) is 19.3 Å². The predicted molar refractivity (Wildman–Crippen MR) is 66.7 cm³/mol. The lowest BCUT2D eigenvalue weighted by Gasteiger charge is -2.20. The van der Waals surface area contributed by atoms with E-state index in [-0.39, 0.29) is 5.97 Å². The molecule has 4 nitrogen and oxygen atoms in total. The van der Waals surface area contributed by atoms with E-state index in [1.54, 1.807) is 24.2 Å². The first kappa shape index (κ1) is 12.4. The number of carbonyl (C=O) groups is 1. The largest absolute Gasteiger partial charge is 0.468 e.